The highest BCUT2D eigenvalue weighted by atomic mass is 79.9. The van der Waals surface area contributed by atoms with Gasteiger partial charge in [0.05, 0.1) is 12.2 Å². The van der Waals surface area contributed by atoms with Gasteiger partial charge in [-0.2, -0.15) is 0 Å². The zero-order valence-corrected chi connectivity index (χ0v) is 15.4. The lowest BCUT2D eigenvalue weighted by atomic mass is 10.2. The number of carbonyl (C=O) groups is 1. The van der Waals surface area contributed by atoms with E-state index in [1.165, 1.54) is 10.6 Å². The van der Waals surface area contributed by atoms with Gasteiger partial charge in [0.1, 0.15) is 23.2 Å². The molecule has 0 saturated carbocycles. The molecule has 3 aromatic carbocycles. The van der Waals surface area contributed by atoms with Gasteiger partial charge in [-0.15, -0.1) is 0 Å². The Morgan fingerprint density at radius 1 is 0.696 bits per heavy atom. The first-order valence-corrected chi connectivity index (χ1v) is 9.53. The van der Waals surface area contributed by atoms with E-state index in [9.17, 15) is 4.79 Å². The topological polar surface area (TPSA) is 17.1 Å². The summed E-state index contributed by atoms with van der Waals surface area (Å²) in [6.45, 7) is 2.29. The Hall–Kier alpha value is -1.76. The Bertz CT molecular complexity index is 732. The molecule has 116 valence electrons. The fraction of sp³-hybridized carbons (Fsp3) is 0.0500. The minimum Gasteiger partial charge on any atom is -1.00 e. The summed E-state index contributed by atoms with van der Waals surface area (Å²) in [5.74, 6) is 0. The minimum atomic E-state index is -1.81. The quantitative estimate of drug-likeness (QED) is 0.470. The first-order chi connectivity index (χ1) is 10.8. The zero-order chi connectivity index (χ0) is 15.4. The van der Waals surface area contributed by atoms with Gasteiger partial charge in [-0.3, -0.25) is 4.79 Å². The first kappa shape index (κ1) is 17.6. The molecule has 0 amide bonds. The molecule has 0 aliphatic carbocycles. The molecule has 0 saturated heterocycles. The van der Waals surface area contributed by atoms with E-state index in [0.29, 0.717) is 0 Å². The van der Waals surface area contributed by atoms with Crippen LogP contribution in [0.25, 0.3) is 0 Å². The normalized spacial score (nSPS) is 10.7. The lowest BCUT2D eigenvalue weighted by molar-refractivity contribution is -0.0000107. The number of carbonyl (C=O) groups excluding carboxylic acids is 1. The number of aldehydes is 1. The molecule has 0 unspecified atom stereocenters. The maximum absolute atomic E-state index is 11.6. The number of halogens is 1. The van der Waals surface area contributed by atoms with Crippen LogP contribution < -0.4 is 32.9 Å². The summed E-state index contributed by atoms with van der Waals surface area (Å²) < 4.78 is 0. The van der Waals surface area contributed by atoms with Crippen molar-refractivity contribution in [1.82, 2.24) is 0 Å². The first-order valence-electron chi connectivity index (χ1n) is 7.29. The molecule has 0 radical (unpaired) electrons. The van der Waals surface area contributed by atoms with Crippen LogP contribution in [-0.2, 0) is 0 Å². The molecule has 3 aromatic rings. The van der Waals surface area contributed by atoms with Crippen molar-refractivity contribution in [3.05, 3.63) is 90.5 Å². The fourth-order valence-corrected chi connectivity index (χ4v) is 6.29. The van der Waals surface area contributed by atoms with Crippen molar-refractivity contribution >= 4 is 29.5 Å². The van der Waals surface area contributed by atoms with Crippen molar-refractivity contribution in [2.75, 3.05) is 6.66 Å². The number of hydrogen-bond donors (Lipinski definition) is 0. The van der Waals surface area contributed by atoms with Crippen molar-refractivity contribution in [2.45, 2.75) is 0 Å². The summed E-state index contributed by atoms with van der Waals surface area (Å²) in [6, 6.07) is 29.0. The molecule has 0 aromatic heterocycles. The summed E-state index contributed by atoms with van der Waals surface area (Å²) in [4.78, 5) is 11.6. The second-order valence-corrected chi connectivity index (χ2v) is 8.88. The third-order valence-corrected chi connectivity index (χ3v) is 8.12. The second kappa shape index (κ2) is 7.68. The molecule has 0 fully saturated rings. The highest BCUT2D eigenvalue weighted by molar-refractivity contribution is 7.95. The highest BCUT2D eigenvalue weighted by Crippen LogP contribution is 2.51. The van der Waals surface area contributed by atoms with Crippen LogP contribution in [0.2, 0.25) is 0 Å². The number of hydrogen-bond acceptors (Lipinski definition) is 1. The van der Waals surface area contributed by atoms with Crippen LogP contribution in [0.3, 0.4) is 0 Å². The Labute approximate surface area is 148 Å². The van der Waals surface area contributed by atoms with E-state index in [2.05, 4.69) is 61.3 Å². The Kier molecular flexibility index (Phi) is 5.87. The largest absolute Gasteiger partial charge is 1.00 e. The number of rotatable bonds is 4. The third-order valence-electron chi connectivity index (χ3n) is 4.09. The second-order valence-electron chi connectivity index (χ2n) is 5.35. The van der Waals surface area contributed by atoms with Gasteiger partial charge >= 0.3 is 0 Å². The summed E-state index contributed by atoms with van der Waals surface area (Å²) in [5, 5.41) is 3.72. The molecule has 0 aliphatic heterocycles. The molecular formula is C20H18BrOP. The van der Waals surface area contributed by atoms with Gasteiger partial charge in [0, 0.05) is 0 Å². The van der Waals surface area contributed by atoms with Crippen LogP contribution in [0.1, 0.15) is 10.4 Å². The van der Waals surface area contributed by atoms with Gasteiger partial charge in [-0.1, -0.05) is 48.5 Å². The Balaban J connectivity index is 0.00000192. The van der Waals surface area contributed by atoms with E-state index in [1.807, 2.05) is 30.3 Å². The molecular weight excluding hydrogens is 367 g/mol. The van der Waals surface area contributed by atoms with Gasteiger partial charge in [0.15, 0.2) is 6.29 Å². The average Bonchev–Trinajstić information content (AvgIpc) is 2.62. The smallest absolute Gasteiger partial charge is 0.154 e. The molecule has 1 nitrogen and oxygen atoms in total. The van der Waals surface area contributed by atoms with E-state index in [-0.39, 0.29) is 17.0 Å². The Morgan fingerprint density at radius 2 is 1.13 bits per heavy atom. The molecule has 0 aliphatic rings. The van der Waals surface area contributed by atoms with Crippen LogP contribution in [0, 0.1) is 0 Å². The SMILES string of the molecule is C[P+](c1ccccc1)(c1ccccc1)c1ccccc1C=O.[Br-]. The number of benzene rings is 3. The van der Waals surface area contributed by atoms with Gasteiger partial charge < -0.3 is 17.0 Å². The van der Waals surface area contributed by atoms with Crippen molar-refractivity contribution < 1.29 is 21.8 Å². The molecule has 0 spiro atoms. The maximum atomic E-state index is 11.6. The van der Waals surface area contributed by atoms with Crippen LogP contribution in [0.4, 0.5) is 0 Å². The van der Waals surface area contributed by atoms with E-state index in [1.54, 1.807) is 0 Å². The van der Waals surface area contributed by atoms with Crippen LogP contribution in [0.5, 0.6) is 0 Å². The lowest BCUT2D eigenvalue weighted by Gasteiger charge is -2.24. The highest BCUT2D eigenvalue weighted by Gasteiger charge is 2.41. The average molecular weight is 385 g/mol. The van der Waals surface area contributed by atoms with Gasteiger partial charge in [0.25, 0.3) is 0 Å². The monoisotopic (exact) mass is 384 g/mol. The Morgan fingerprint density at radius 3 is 1.61 bits per heavy atom. The van der Waals surface area contributed by atoms with Gasteiger partial charge in [-0.25, -0.2) is 0 Å². The molecule has 0 bridgehead atoms. The predicted molar refractivity (Wildman–Crippen MR) is 96.5 cm³/mol. The molecule has 0 heterocycles. The standard InChI is InChI=1S/C20H18OP.BrH/c1-22(18-11-4-2-5-12-18,19-13-6-3-7-14-19)20-15-9-8-10-17(20)16-21;/h2-16H,1H3;1H/q+1;/p-1. The summed E-state index contributed by atoms with van der Waals surface area (Å²) in [5.41, 5.74) is 0.783. The van der Waals surface area contributed by atoms with Crippen molar-refractivity contribution in [3.8, 4) is 0 Å². The van der Waals surface area contributed by atoms with E-state index in [4.69, 9.17) is 0 Å². The molecule has 23 heavy (non-hydrogen) atoms. The predicted octanol–water partition coefficient (Wildman–Crippen LogP) is 0.427. The van der Waals surface area contributed by atoms with Crippen molar-refractivity contribution in [3.63, 3.8) is 0 Å². The summed E-state index contributed by atoms with van der Waals surface area (Å²) in [7, 11) is -1.81. The molecule has 3 heteroatoms. The van der Waals surface area contributed by atoms with Crippen molar-refractivity contribution in [1.29, 1.82) is 0 Å². The van der Waals surface area contributed by atoms with Crippen molar-refractivity contribution in [2.24, 2.45) is 0 Å². The van der Waals surface area contributed by atoms with Gasteiger partial charge in [0.2, 0.25) is 0 Å². The van der Waals surface area contributed by atoms with E-state index >= 15 is 0 Å². The van der Waals surface area contributed by atoms with Crippen LogP contribution in [0.15, 0.2) is 84.9 Å². The maximum Gasteiger partial charge on any atom is 0.154 e. The zero-order valence-electron chi connectivity index (χ0n) is 12.9. The lowest BCUT2D eigenvalue weighted by Crippen LogP contribution is -3.00. The molecule has 0 atom stereocenters. The third kappa shape index (κ3) is 3.29. The summed E-state index contributed by atoms with van der Waals surface area (Å²) >= 11 is 0. The van der Waals surface area contributed by atoms with Crippen LogP contribution in [-0.4, -0.2) is 13.0 Å². The molecule has 0 N–H and O–H groups in total. The summed E-state index contributed by atoms with van der Waals surface area (Å²) in [6.07, 6.45) is 0.972. The fourth-order valence-electron chi connectivity index (χ4n) is 2.87. The molecule has 3 rings (SSSR count). The van der Waals surface area contributed by atoms with E-state index in [0.717, 1.165) is 17.2 Å². The van der Waals surface area contributed by atoms with Crippen LogP contribution >= 0.6 is 7.26 Å². The minimum absolute atomic E-state index is 0. The van der Waals surface area contributed by atoms with E-state index < -0.39 is 7.26 Å². The van der Waals surface area contributed by atoms with Gasteiger partial charge in [-0.05, 0) is 36.4 Å².